The smallest absolute Gasteiger partial charge is 0.156 e. The van der Waals surface area contributed by atoms with Crippen LogP contribution in [0.15, 0.2) is 198 Å². The molecule has 0 aliphatic heterocycles. The molecule has 55 heavy (non-hydrogen) atoms. The molecule has 0 aliphatic carbocycles. The van der Waals surface area contributed by atoms with E-state index in [9.17, 15) is 0 Å². The van der Waals surface area contributed by atoms with Crippen LogP contribution in [0.4, 0.5) is 0 Å². The van der Waals surface area contributed by atoms with Gasteiger partial charge in [-0.1, -0.05) is 158 Å². The number of benzene rings is 9. The molecule has 0 fully saturated rings. The summed E-state index contributed by atoms with van der Waals surface area (Å²) in [6.07, 6.45) is 1.91. The maximum absolute atomic E-state index is 5.38. The summed E-state index contributed by atoms with van der Waals surface area (Å²) in [6, 6.07) is 67.1. The Morgan fingerprint density at radius 1 is 0.418 bits per heavy atom. The Kier molecular flexibility index (Phi) is 7.20. The summed E-state index contributed by atoms with van der Waals surface area (Å²) in [5, 5.41) is 12.4. The minimum Gasteiger partial charge on any atom is -0.318 e. The molecule has 0 atom stereocenters. The average Bonchev–Trinajstić information content (AvgIpc) is 3.76. The van der Waals surface area contributed by atoms with Gasteiger partial charge in [0.25, 0.3) is 0 Å². The molecule has 0 N–H and O–H groups in total. The second kappa shape index (κ2) is 12.7. The number of fused-ring (bicyclic) bond motifs is 13. The maximum atomic E-state index is 5.38. The number of rotatable bonds is 5. The van der Waals surface area contributed by atoms with Crippen LogP contribution in [-0.4, -0.2) is 21.2 Å². The molecule has 0 amide bonds. The van der Waals surface area contributed by atoms with Gasteiger partial charge in [-0.3, -0.25) is 0 Å². The van der Waals surface area contributed by atoms with Gasteiger partial charge in [0.05, 0.1) is 22.1 Å². The first kappa shape index (κ1) is 31.2. The van der Waals surface area contributed by atoms with Gasteiger partial charge in [-0.25, -0.2) is 9.98 Å². The quantitative estimate of drug-likeness (QED) is 0.0972. The van der Waals surface area contributed by atoms with E-state index in [1.807, 2.05) is 42.6 Å². The van der Waals surface area contributed by atoms with Crippen molar-refractivity contribution in [3.63, 3.8) is 0 Å². The molecule has 0 bridgehead atoms. The van der Waals surface area contributed by atoms with E-state index in [1.165, 1.54) is 64.9 Å². The molecule has 2 aromatic heterocycles. The van der Waals surface area contributed by atoms with Crippen LogP contribution in [0, 0.1) is 0 Å². The monoisotopic (exact) mass is 702 g/mol. The van der Waals surface area contributed by atoms with E-state index in [1.54, 1.807) is 0 Å². The van der Waals surface area contributed by atoms with E-state index in [4.69, 9.17) is 9.98 Å². The topological polar surface area (TPSA) is 34.6 Å². The van der Waals surface area contributed by atoms with Crippen LogP contribution in [0.2, 0.25) is 0 Å². The van der Waals surface area contributed by atoms with Gasteiger partial charge in [0.2, 0.25) is 0 Å². The lowest BCUT2D eigenvalue weighted by atomic mass is 9.93. The van der Waals surface area contributed by atoms with Gasteiger partial charge in [-0.05, 0) is 68.2 Å². The van der Waals surface area contributed by atoms with Gasteiger partial charge >= 0.3 is 0 Å². The molecule has 4 nitrogen and oxygen atoms in total. The Bertz CT molecular complexity index is 3320. The average molecular weight is 703 g/mol. The minimum absolute atomic E-state index is 0.378. The third kappa shape index (κ3) is 4.99. The SMILES string of the molecule is C(=NC(=NCn1c2cc3c4ccccc4c4ccccc4c3cc2c2ccc3c4ccccc4n(-c4ccccc4)c3c21)c1ccccc1)c1ccccc1. The molecule has 0 spiro atoms. The molecule has 0 unspecified atom stereocenters. The number of hydrogen-bond donors (Lipinski definition) is 0. The first-order valence-electron chi connectivity index (χ1n) is 18.8. The highest BCUT2D eigenvalue weighted by atomic mass is 15.1. The first-order chi connectivity index (χ1) is 27.3. The molecular formula is C51H34N4. The van der Waals surface area contributed by atoms with Crippen molar-refractivity contribution < 1.29 is 0 Å². The van der Waals surface area contributed by atoms with Crippen LogP contribution in [-0.2, 0) is 6.67 Å². The number of para-hydroxylation sites is 2. The van der Waals surface area contributed by atoms with Crippen molar-refractivity contribution in [2.24, 2.45) is 9.98 Å². The molecule has 0 saturated heterocycles. The van der Waals surface area contributed by atoms with Crippen molar-refractivity contribution in [1.29, 1.82) is 0 Å². The van der Waals surface area contributed by atoms with E-state index in [-0.39, 0.29) is 0 Å². The number of nitrogens with zero attached hydrogens (tertiary/aromatic N) is 4. The predicted molar refractivity (Wildman–Crippen MR) is 233 cm³/mol. The van der Waals surface area contributed by atoms with Crippen molar-refractivity contribution in [2.45, 2.75) is 6.67 Å². The van der Waals surface area contributed by atoms with E-state index in [0.717, 1.165) is 27.8 Å². The molecule has 4 heteroatoms. The lowest BCUT2D eigenvalue weighted by Gasteiger charge is -2.13. The predicted octanol–water partition coefficient (Wildman–Crippen LogP) is 12.9. The van der Waals surface area contributed by atoms with Gasteiger partial charge in [0.1, 0.15) is 6.67 Å². The van der Waals surface area contributed by atoms with Gasteiger partial charge in [0, 0.05) is 39.0 Å². The molecule has 11 aromatic rings. The van der Waals surface area contributed by atoms with E-state index in [0.29, 0.717) is 12.5 Å². The Hall–Kier alpha value is -7.30. The highest BCUT2D eigenvalue weighted by Gasteiger charge is 2.22. The van der Waals surface area contributed by atoms with Crippen molar-refractivity contribution in [1.82, 2.24) is 9.13 Å². The molecular weight excluding hydrogens is 669 g/mol. The van der Waals surface area contributed by atoms with Crippen LogP contribution in [0.1, 0.15) is 11.1 Å². The van der Waals surface area contributed by atoms with Crippen LogP contribution in [0.3, 0.4) is 0 Å². The standard InChI is InChI=1S/C51H34N4/c1-4-16-34(17-5-1)32-52-51(35-18-6-2-7-19-35)53-33-54-48-31-45-40-25-13-11-23-38(40)37-22-10-12-24-39(37)44(45)30-46(48)43-29-28-42-41-26-14-15-27-47(41)55(50(42)49(43)54)36-20-8-3-9-21-36/h1-32H,33H2. The van der Waals surface area contributed by atoms with Crippen molar-refractivity contribution >= 4 is 88.0 Å². The summed E-state index contributed by atoms with van der Waals surface area (Å²) in [7, 11) is 0. The van der Waals surface area contributed by atoms with Gasteiger partial charge in [0.15, 0.2) is 5.84 Å². The molecule has 11 rings (SSSR count). The second-order valence-corrected chi connectivity index (χ2v) is 14.1. The summed E-state index contributed by atoms with van der Waals surface area (Å²) < 4.78 is 4.86. The summed E-state index contributed by atoms with van der Waals surface area (Å²) >= 11 is 0. The summed E-state index contributed by atoms with van der Waals surface area (Å²) in [5.74, 6) is 0.687. The van der Waals surface area contributed by atoms with Crippen LogP contribution in [0.25, 0.3) is 81.6 Å². The Labute approximate surface area is 317 Å². The Balaban J connectivity index is 1.28. The molecule has 2 heterocycles. The third-order valence-corrected chi connectivity index (χ3v) is 11.1. The van der Waals surface area contributed by atoms with Crippen LogP contribution >= 0.6 is 0 Å². The first-order valence-corrected chi connectivity index (χ1v) is 18.8. The van der Waals surface area contributed by atoms with Crippen molar-refractivity contribution in [2.75, 3.05) is 0 Å². The number of aliphatic imine (C=N–C) groups is 2. The van der Waals surface area contributed by atoms with Crippen LogP contribution in [0.5, 0.6) is 0 Å². The van der Waals surface area contributed by atoms with Gasteiger partial charge in [-0.2, -0.15) is 0 Å². The maximum Gasteiger partial charge on any atom is 0.156 e. The molecule has 0 saturated carbocycles. The fraction of sp³-hybridized carbons (Fsp3) is 0.0196. The van der Waals surface area contributed by atoms with Crippen molar-refractivity contribution in [3.8, 4) is 5.69 Å². The molecule has 9 aromatic carbocycles. The zero-order valence-corrected chi connectivity index (χ0v) is 30.0. The molecule has 258 valence electrons. The summed E-state index contributed by atoms with van der Waals surface area (Å²) in [6.45, 7) is 0.378. The highest BCUT2D eigenvalue weighted by Crippen LogP contribution is 2.43. The van der Waals surface area contributed by atoms with Crippen molar-refractivity contribution in [3.05, 3.63) is 199 Å². The normalized spacial score (nSPS) is 12.5. The Morgan fingerprint density at radius 3 is 1.62 bits per heavy atom. The highest BCUT2D eigenvalue weighted by molar-refractivity contribution is 6.30. The lowest BCUT2D eigenvalue weighted by Crippen LogP contribution is -2.04. The number of hydrogen-bond acceptors (Lipinski definition) is 1. The fourth-order valence-corrected chi connectivity index (χ4v) is 8.63. The number of aromatic nitrogens is 2. The Morgan fingerprint density at radius 2 is 0.945 bits per heavy atom. The van der Waals surface area contributed by atoms with Crippen LogP contribution < -0.4 is 0 Å². The largest absolute Gasteiger partial charge is 0.318 e. The molecule has 0 radical (unpaired) electrons. The van der Waals surface area contributed by atoms with E-state index >= 15 is 0 Å². The molecule has 0 aliphatic rings. The number of amidine groups is 1. The van der Waals surface area contributed by atoms with E-state index in [2.05, 4.69) is 161 Å². The summed E-state index contributed by atoms with van der Waals surface area (Å²) in [5.41, 5.74) is 7.77. The zero-order valence-electron chi connectivity index (χ0n) is 30.0. The third-order valence-electron chi connectivity index (χ3n) is 11.1. The fourth-order valence-electron chi connectivity index (χ4n) is 8.63. The van der Waals surface area contributed by atoms with Gasteiger partial charge in [-0.15, -0.1) is 0 Å². The summed E-state index contributed by atoms with van der Waals surface area (Å²) in [4.78, 5) is 10.4. The van der Waals surface area contributed by atoms with Gasteiger partial charge < -0.3 is 9.13 Å². The lowest BCUT2D eigenvalue weighted by molar-refractivity contribution is 0.792. The zero-order chi connectivity index (χ0) is 36.3. The van der Waals surface area contributed by atoms with E-state index < -0.39 is 0 Å². The second-order valence-electron chi connectivity index (χ2n) is 14.1. The minimum atomic E-state index is 0.378.